The highest BCUT2D eigenvalue weighted by Crippen LogP contribution is 2.50. The molecule has 0 aromatic heterocycles. The fraction of sp³-hybridized carbons (Fsp3) is 0.350. The Kier molecular flexibility index (Phi) is 14.6. The average Bonchev–Trinajstić information content (AvgIpc) is 3.41. The Bertz CT molecular complexity index is 2800. The Hall–Kier alpha value is -7.07. The Morgan fingerprint density at radius 1 is 0.643 bits per heavy atom. The molecule has 362 valence electrons. The summed E-state index contributed by atoms with van der Waals surface area (Å²) in [6, 6.07) is 34.3. The maximum atomic E-state index is 14.4. The summed E-state index contributed by atoms with van der Waals surface area (Å²) in [4.78, 5) is 41.7. The second kappa shape index (κ2) is 21.3. The summed E-state index contributed by atoms with van der Waals surface area (Å²) in [5.41, 5.74) is 2.08. The summed E-state index contributed by atoms with van der Waals surface area (Å²) in [5, 5.41) is 12.5. The summed E-state index contributed by atoms with van der Waals surface area (Å²) in [5.74, 6) is 1.94. The van der Waals surface area contributed by atoms with Gasteiger partial charge in [-0.15, -0.1) is 0 Å². The van der Waals surface area contributed by atoms with Crippen molar-refractivity contribution in [1.82, 2.24) is 0 Å². The highest BCUT2D eigenvalue weighted by Gasteiger charge is 2.40. The smallest absolute Gasteiger partial charge is 0.344 e. The van der Waals surface area contributed by atoms with Crippen LogP contribution in [0.1, 0.15) is 121 Å². The van der Waals surface area contributed by atoms with Crippen LogP contribution >= 0.6 is 0 Å². The highest BCUT2D eigenvalue weighted by molar-refractivity contribution is 6.09. The van der Waals surface area contributed by atoms with E-state index in [0.29, 0.717) is 39.7 Å². The molecule has 2 aliphatic carbocycles. The van der Waals surface area contributed by atoms with Crippen LogP contribution < -0.4 is 23.7 Å². The van der Waals surface area contributed by atoms with Crippen LogP contribution in [-0.2, 0) is 15.1 Å². The molecule has 0 radical (unpaired) electrons. The number of carbonyl (C=O) groups is 3. The first-order valence-corrected chi connectivity index (χ1v) is 24.8. The molecule has 70 heavy (non-hydrogen) atoms. The molecule has 2 saturated carbocycles. The molecule has 2 fully saturated rings. The van der Waals surface area contributed by atoms with E-state index in [9.17, 15) is 19.5 Å². The lowest BCUT2D eigenvalue weighted by atomic mass is 9.68. The third-order valence-corrected chi connectivity index (χ3v) is 15.0. The third-order valence-electron chi connectivity index (χ3n) is 15.0. The van der Waals surface area contributed by atoms with E-state index in [0.717, 1.165) is 54.2 Å². The molecular weight excluding hydrogens is 881 g/mol. The molecule has 10 heteroatoms. The first-order valence-electron chi connectivity index (χ1n) is 24.8. The van der Waals surface area contributed by atoms with Crippen LogP contribution in [0, 0.1) is 23.7 Å². The Morgan fingerprint density at radius 3 is 1.86 bits per heavy atom. The zero-order chi connectivity index (χ0) is 48.8. The number of esters is 3. The predicted octanol–water partition coefficient (Wildman–Crippen LogP) is 13.7. The first kappa shape index (κ1) is 48.0. The number of fused-ring (bicyclic) bond motifs is 3. The van der Waals surface area contributed by atoms with Crippen molar-refractivity contribution in [3.8, 4) is 45.6 Å². The van der Waals surface area contributed by atoms with Gasteiger partial charge in [-0.05, 0) is 140 Å². The van der Waals surface area contributed by atoms with E-state index in [4.69, 9.17) is 28.4 Å². The van der Waals surface area contributed by atoms with Gasteiger partial charge >= 0.3 is 17.9 Å². The Balaban J connectivity index is 0.984. The fourth-order valence-electron chi connectivity index (χ4n) is 11.1. The summed E-state index contributed by atoms with van der Waals surface area (Å²) in [6.07, 6.45) is 17.9. The monoisotopic (exact) mass is 942 g/mol. The molecule has 0 amide bonds. The minimum absolute atomic E-state index is 0.0923. The topological polar surface area (TPSA) is 127 Å². The molecule has 0 atom stereocenters. The maximum absolute atomic E-state index is 14.4. The molecular formula is C60H62O10. The van der Waals surface area contributed by atoms with Crippen molar-refractivity contribution < 1.29 is 47.9 Å². The lowest BCUT2D eigenvalue weighted by molar-refractivity contribution is -0.140. The number of aromatic hydroxyl groups is 1. The quantitative estimate of drug-likeness (QED) is 0.0604. The van der Waals surface area contributed by atoms with Gasteiger partial charge in [-0.25, -0.2) is 9.59 Å². The van der Waals surface area contributed by atoms with E-state index in [1.807, 2.05) is 84.9 Å². The summed E-state index contributed by atoms with van der Waals surface area (Å²) in [7, 11) is 4.44. The maximum Gasteiger partial charge on any atom is 0.344 e. The van der Waals surface area contributed by atoms with Gasteiger partial charge in [0.05, 0.1) is 32.8 Å². The van der Waals surface area contributed by atoms with Crippen LogP contribution in [0.3, 0.4) is 0 Å². The Labute approximate surface area is 410 Å². The third kappa shape index (κ3) is 9.87. The number of hydrogen-bond acceptors (Lipinski definition) is 10. The van der Waals surface area contributed by atoms with Crippen molar-refractivity contribution in [3.05, 3.63) is 149 Å². The lowest BCUT2D eigenvalue weighted by Crippen LogP contribution is -2.34. The molecule has 9 rings (SSSR count). The van der Waals surface area contributed by atoms with Gasteiger partial charge in [0.1, 0.15) is 40.1 Å². The Morgan fingerprint density at radius 2 is 1.24 bits per heavy atom. The predicted molar refractivity (Wildman–Crippen MR) is 271 cm³/mol. The number of phenols is 1. The van der Waals surface area contributed by atoms with Gasteiger partial charge < -0.3 is 33.5 Å². The van der Waals surface area contributed by atoms with Crippen LogP contribution in [-0.4, -0.2) is 44.3 Å². The van der Waals surface area contributed by atoms with Crippen LogP contribution in [0.5, 0.6) is 34.5 Å². The largest absolute Gasteiger partial charge is 0.506 e. The molecule has 1 aliphatic heterocycles. The molecule has 1 N–H and O–H groups in total. The van der Waals surface area contributed by atoms with Gasteiger partial charge in [0.25, 0.3) is 0 Å². The number of rotatable bonds is 15. The van der Waals surface area contributed by atoms with Crippen LogP contribution in [0.15, 0.2) is 121 Å². The van der Waals surface area contributed by atoms with Crippen molar-refractivity contribution in [3.63, 3.8) is 0 Å². The second-order valence-corrected chi connectivity index (χ2v) is 19.1. The van der Waals surface area contributed by atoms with Gasteiger partial charge in [0, 0.05) is 27.5 Å². The van der Waals surface area contributed by atoms with Crippen molar-refractivity contribution >= 4 is 34.8 Å². The summed E-state index contributed by atoms with van der Waals surface area (Å²) >= 11 is 0. The summed E-state index contributed by atoms with van der Waals surface area (Å²) < 4.78 is 35.4. The van der Waals surface area contributed by atoms with Crippen LogP contribution in [0.25, 0.3) is 28.0 Å². The highest BCUT2D eigenvalue weighted by atomic mass is 16.5. The zero-order valence-corrected chi connectivity index (χ0v) is 40.5. The molecule has 6 aromatic carbocycles. The number of ether oxygens (including phenoxy) is 6. The van der Waals surface area contributed by atoms with E-state index in [2.05, 4.69) is 6.92 Å². The summed E-state index contributed by atoms with van der Waals surface area (Å²) in [6.45, 7) is 2.27. The van der Waals surface area contributed by atoms with Crippen LogP contribution in [0.4, 0.5) is 0 Å². The normalized spacial score (nSPS) is 19.3. The number of methoxy groups -OCH3 is 3. The van der Waals surface area contributed by atoms with E-state index in [1.165, 1.54) is 64.5 Å². The van der Waals surface area contributed by atoms with Crippen molar-refractivity contribution in [2.75, 3.05) is 21.3 Å². The molecule has 0 bridgehead atoms. The van der Waals surface area contributed by atoms with Gasteiger partial charge in [-0.3, -0.25) is 4.79 Å². The molecule has 3 aliphatic rings. The lowest BCUT2D eigenvalue weighted by Gasteiger charge is -2.37. The van der Waals surface area contributed by atoms with E-state index in [1.54, 1.807) is 50.6 Å². The molecule has 0 spiro atoms. The average molecular weight is 943 g/mol. The standard InChI is InChI=1S/C60H62O10/c1-5-6-8-11-38-14-16-39(17-15-38)40-18-20-42(21-19-40)57(62)68-48-30-32-49(41-12-9-7-10-13-41)53(37-48)58(63)69-47-31-33-50-52(36-47)55(61)54(59(64)67-4)51-34-35-60(70-56(50)51,43-22-26-45(65-2)27-23-43)44-24-28-46(66-3)29-25-44/h7,9-10,12-13,22-40,42,61H,5-6,8,11,14-21H2,1-4H3/t38-,39-,40-,42-. The van der Waals surface area contributed by atoms with E-state index in [-0.39, 0.29) is 45.6 Å². The number of benzene rings is 6. The number of hydrogen-bond donors (Lipinski definition) is 1. The van der Waals surface area contributed by atoms with E-state index >= 15 is 0 Å². The SMILES string of the molecule is CCCCC[C@H]1CC[C@H]([C@H]2CC[C@H](C(=O)Oc3ccc(-c4ccccc4)c(C(=O)Oc4ccc5c6c(c(C(=O)OC)c(O)c5c4)C=CC(c4ccc(OC)cc4)(c4ccc(OC)cc4)O6)c3)CC2)CC1. The molecule has 0 saturated heterocycles. The zero-order valence-electron chi connectivity index (χ0n) is 40.5. The van der Waals surface area contributed by atoms with Gasteiger partial charge in [0.2, 0.25) is 0 Å². The molecule has 1 heterocycles. The van der Waals surface area contributed by atoms with Gasteiger partial charge in [-0.1, -0.05) is 100 Å². The van der Waals surface area contributed by atoms with Gasteiger partial charge in [-0.2, -0.15) is 0 Å². The number of phenolic OH excluding ortho intramolecular Hbond substituents is 1. The van der Waals surface area contributed by atoms with Crippen molar-refractivity contribution in [1.29, 1.82) is 0 Å². The number of unbranched alkanes of at least 4 members (excludes halogenated alkanes) is 2. The molecule has 10 nitrogen and oxygen atoms in total. The second-order valence-electron chi connectivity index (χ2n) is 19.1. The molecule has 0 unspecified atom stereocenters. The minimum Gasteiger partial charge on any atom is -0.506 e. The van der Waals surface area contributed by atoms with Crippen molar-refractivity contribution in [2.45, 2.75) is 89.6 Å². The number of carbonyl (C=O) groups excluding carboxylic acids is 3. The molecule has 6 aromatic rings. The van der Waals surface area contributed by atoms with Gasteiger partial charge in [0.15, 0.2) is 5.60 Å². The van der Waals surface area contributed by atoms with Crippen LogP contribution in [0.2, 0.25) is 0 Å². The van der Waals surface area contributed by atoms with E-state index < -0.39 is 17.5 Å². The first-order chi connectivity index (χ1) is 34.1. The minimum atomic E-state index is -1.21. The fourth-order valence-corrected chi connectivity index (χ4v) is 11.1. The van der Waals surface area contributed by atoms with Crippen molar-refractivity contribution in [2.24, 2.45) is 23.7 Å².